The number of ether oxygens (including phenoxy) is 1. The average molecular weight is 267 g/mol. The number of piperazine rings is 1. The molecule has 0 spiro atoms. The summed E-state index contributed by atoms with van der Waals surface area (Å²) in [6.07, 6.45) is 0. The van der Waals surface area contributed by atoms with Gasteiger partial charge in [-0.3, -0.25) is 4.90 Å². The van der Waals surface area contributed by atoms with E-state index in [1.807, 2.05) is 18.2 Å². The highest BCUT2D eigenvalue weighted by molar-refractivity contribution is 7.99. The van der Waals surface area contributed by atoms with Gasteiger partial charge in [-0.15, -0.1) is 11.8 Å². The summed E-state index contributed by atoms with van der Waals surface area (Å²) < 4.78 is 5.22. The second-order valence-corrected chi connectivity index (χ2v) is 5.48. The Morgan fingerprint density at radius 1 is 1.39 bits per heavy atom. The van der Waals surface area contributed by atoms with Gasteiger partial charge in [0.15, 0.2) is 0 Å². The first kappa shape index (κ1) is 13.5. The molecule has 0 amide bonds. The van der Waals surface area contributed by atoms with E-state index in [0.717, 1.165) is 54.8 Å². The first-order valence-electron chi connectivity index (χ1n) is 6.29. The number of nitrogens with one attached hydrogen (secondary N) is 1. The Labute approximate surface area is 113 Å². The number of hydrogen-bond acceptors (Lipinski definition) is 5. The summed E-state index contributed by atoms with van der Waals surface area (Å²) in [6.45, 7) is 5.61. The van der Waals surface area contributed by atoms with Crippen molar-refractivity contribution in [3.63, 3.8) is 0 Å². The van der Waals surface area contributed by atoms with Crippen LogP contribution < -0.4 is 15.8 Å². The quantitative estimate of drug-likeness (QED) is 0.621. The molecule has 4 nitrogen and oxygen atoms in total. The van der Waals surface area contributed by atoms with Gasteiger partial charge in [0.1, 0.15) is 5.75 Å². The maximum atomic E-state index is 5.96. The lowest BCUT2D eigenvalue weighted by atomic mass is 10.3. The van der Waals surface area contributed by atoms with Crippen molar-refractivity contribution in [3.8, 4) is 5.75 Å². The van der Waals surface area contributed by atoms with Crippen molar-refractivity contribution in [1.82, 2.24) is 10.2 Å². The van der Waals surface area contributed by atoms with Crippen molar-refractivity contribution in [1.29, 1.82) is 0 Å². The molecule has 1 heterocycles. The smallest absolute Gasteiger partial charge is 0.120 e. The molecule has 0 atom stereocenters. The zero-order chi connectivity index (χ0) is 12.8. The van der Waals surface area contributed by atoms with Gasteiger partial charge in [0.25, 0.3) is 0 Å². The van der Waals surface area contributed by atoms with Crippen LogP contribution in [0.2, 0.25) is 0 Å². The van der Waals surface area contributed by atoms with Crippen LogP contribution in [-0.4, -0.2) is 50.5 Å². The molecular weight excluding hydrogens is 246 g/mol. The van der Waals surface area contributed by atoms with Gasteiger partial charge in [-0.2, -0.15) is 0 Å². The minimum atomic E-state index is 0.834. The normalized spacial score (nSPS) is 16.7. The largest absolute Gasteiger partial charge is 0.497 e. The van der Waals surface area contributed by atoms with Gasteiger partial charge in [0, 0.05) is 49.1 Å². The fourth-order valence-corrected chi connectivity index (χ4v) is 2.99. The summed E-state index contributed by atoms with van der Waals surface area (Å²) >= 11 is 1.80. The molecule has 0 saturated carbocycles. The zero-order valence-electron chi connectivity index (χ0n) is 10.8. The van der Waals surface area contributed by atoms with E-state index in [9.17, 15) is 0 Å². The van der Waals surface area contributed by atoms with Crippen LogP contribution in [0.25, 0.3) is 0 Å². The van der Waals surface area contributed by atoms with Crippen LogP contribution >= 0.6 is 11.8 Å². The topological polar surface area (TPSA) is 50.5 Å². The number of thioether (sulfide) groups is 1. The van der Waals surface area contributed by atoms with Crippen LogP contribution in [0.4, 0.5) is 5.69 Å². The van der Waals surface area contributed by atoms with Crippen LogP contribution in [0, 0.1) is 0 Å². The molecule has 0 unspecified atom stereocenters. The van der Waals surface area contributed by atoms with E-state index < -0.39 is 0 Å². The number of anilines is 1. The molecule has 3 N–H and O–H groups in total. The summed E-state index contributed by atoms with van der Waals surface area (Å²) in [7, 11) is 1.68. The molecule has 1 fully saturated rings. The molecule has 0 aliphatic carbocycles. The van der Waals surface area contributed by atoms with Gasteiger partial charge in [-0.25, -0.2) is 0 Å². The molecule has 2 rings (SSSR count). The van der Waals surface area contributed by atoms with Crippen LogP contribution in [0.15, 0.2) is 23.1 Å². The molecule has 1 aliphatic rings. The number of methoxy groups -OCH3 is 1. The number of rotatable bonds is 5. The van der Waals surface area contributed by atoms with Crippen LogP contribution in [-0.2, 0) is 0 Å². The highest BCUT2D eigenvalue weighted by Crippen LogP contribution is 2.28. The third kappa shape index (κ3) is 3.80. The fourth-order valence-electron chi connectivity index (χ4n) is 1.99. The van der Waals surface area contributed by atoms with E-state index in [1.165, 1.54) is 0 Å². The minimum Gasteiger partial charge on any atom is -0.497 e. The molecule has 0 radical (unpaired) electrons. The average Bonchev–Trinajstić information content (AvgIpc) is 2.42. The molecule has 0 bridgehead atoms. The van der Waals surface area contributed by atoms with E-state index in [2.05, 4.69) is 10.2 Å². The summed E-state index contributed by atoms with van der Waals surface area (Å²) in [5, 5.41) is 3.36. The van der Waals surface area contributed by atoms with E-state index >= 15 is 0 Å². The minimum absolute atomic E-state index is 0.834. The lowest BCUT2D eigenvalue weighted by molar-refractivity contribution is 0.255. The number of nitrogens with two attached hydrogens (primary N) is 1. The summed E-state index contributed by atoms with van der Waals surface area (Å²) in [6, 6.07) is 5.82. The van der Waals surface area contributed by atoms with Crippen molar-refractivity contribution in [2.45, 2.75) is 4.90 Å². The molecule has 18 heavy (non-hydrogen) atoms. The monoisotopic (exact) mass is 267 g/mol. The van der Waals surface area contributed by atoms with Crippen molar-refractivity contribution < 1.29 is 4.74 Å². The van der Waals surface area contributed by atoms with E-state index in [4.69, 9.17) is 10.5 Å². The van der Waals surface area contributed by atoms with Crippen LogP contribution in [0.5, 0.6) is 5.75 Å². The molecular formula is C13H21N3OS. The molecule has 0 aromatic heterocycles. The Bertz CT molecular complexity index is 380. The number of hydrogen-bond donors (Lipinski definition) is 2. The maximum Gasteiger partial charge on any atom is 0.120 e. The Morgan fingerprint density at radius 3 is 2.89 bits per heavy atom. The third-order valence-corrected chi connectivity index (χ3v) is 4.15. The third-order valence-electron chi connectivity index (χ3n) is 3.10. The second-order valence-electron chi connectivity index (χ2n) is 4.34. The van der Waals surface area contributed by atoms with Crippen molar-refractivity contribution in [3.05, 3.63) is 18.2 Å². The lowest BCUT2D eigenvalue weighted by Crippen LogP contribution is -2.44. The molecule has 1 aromatic carbocycles. The van der Waals surface area contributed by atoms with Gasteiger partial charge >= 0.3 is 0 Å². The van der Waals surface area contributed by atoms with E-state index in [-0.39, 0.29) is 0 Å². The van der Waals surface area contributed by atoms with Crippen molar-refractivity contribution in [2.75, 3.05) is 51.3 Å². The van der Waals surface area contributed by atoms with Gasteiger partial charge in [-0.1, -0.05) is 0 Å². The predicted octanol–water partition coefficient (Wildman–Crippen LogP) is 1.27. The SMILES string of the molecule is COc1ccc(N)c(SCCN2CCNCC2)c1. The molecule has 1 aromatic rings. The van der Waals surface area contributed by atoms with Crippen molar-refractivity contribution in [2.24, 2.45) is 0 Å². The van der Waals surface area contributed by atoms with Gasteiger partial charge in [0.2, 0.25) is 0 Å². The number of nitrogens with zero attached hydrogens (tertiary/aromatic N) is 1. The van der Waals surface area contributed by atoms with Gasteiger partial charge in [0.05, 0.1) is 7.11 Å². The van der Waals surface area contributed by atoms with Gasteiger partial charge in [-0.05, 0) is 18.2 Å². The highest BCUT2D eigenvalue weighted by atomic mass is 32.2. The maximum absolute atomic E-state index is 5.96. The first-order chi connectivity index (χ1) is 8.79. The zero-order valence-corrected chi connectivity index (χ0v) is 11.6. The van der Waals surface area contributed by atoms with Crippen molar-refractivity contribution >= 4 is 17.4 Å². The van der Waals surface area contributed by atoms with Crippen LogP contribution in [0.3, 0.4) is 0 Å². The van der Waals surface area contributed by atoms with Crippen LogP contribution in [0.1, 0.15) is 0 Å². The molecule has 5 heteroatoms. The summed E-state index contributed by atoms with van der Waals surface area (Å²) in [5.74, 6) is 1.94. The number of benzene rings is 1. The van der Waals surface area contributed by atoms with E-state index in [0.29, 0.717) is 0 Å². The highest BCUT2D eigenvalue weighted by Gasteiger charge is 2.09. The Hall–Kier alpha value is -0.910. The Balaban J connectivity index is 1.81. The molecule has 100 valence electrons. The predicted molar refractivity (Wildman–Crippen MR) is 77.4 cm³/mol. The number of nitrogen functional groups attached to an aromatic ring is 1. The van der Waals surface area contributed by atoms with E-state index in [1.54, 1.807) is 18.9 Å². The lowest BCUT2D eigenvalue weighted by Gasteiger charge is -2.26. The molecule has 1 saturated heterocycles. The first-order valence-corrected chi connectivity index (χ1v) is 7.27. The summed E-state index contributed by atoms with van der Waals surface area (Å²) in [4.78, 5) is 3.60. The molecule has 1 aliphatic heterocycles. The Morgan fingerprint density at radius 2 is 2.17 bits per heavy atom. The Kier molecular flexibility index (Phi) is 5.16. The second kappa shape index (κ2) is 6.87. The summed E-state index contributed by atoms with van der Waals surface area (Å²) in [5.41, 5.74) is 6.80. The van der Waals surface area contributed by atoms with Gasteiger partial charge < -0.3 is 15.8 Å². The standard InChI is InChI=1S/C13H21N3OS/c1-17-11-2-3-12(14)13(10-11)18-9-8-16-6-4-15-5-7-16/h2-3,10,15H,4-9,14H2,1H3. The fraction of sp³-hybridized carbons (Fsp3) is 0.538.